The maximum absolute atomic E-state index is 10.8. The van der Waals surface area contributed by atoms with Gasteiger partial charge in [-0.3, -0.25) is 4.79 Å². The summed E-state index contributed by atoms with van der Waals surface area (Å²) < 4.78 is 0. The van der Waals surface area contributed by atoms with Gasteiger partial charge in [-0.05, 0) is 37.7 Å². The highest BCUT2D eigenvalue weighted by atomic mass is 16.4. The van der Waals surface area contributed by atoms with E-state index in [1.54, 1.807) is 0 Å². The second-order valence-corrected chi connectivity index (χ2v) is 5.94. The fourth-order valence-electron chi connectivity index (χ4n) is 2.81. The van der Waals surface area contributed by atoms with E-state index in [-0.39, 0.29) is 6.42 Å². The Balaban J connectivity index is 2.00. The molecule has 1 fully saturated rings. The Morgan fingerprint density at radius 1 is 1.14 bits per heavy atom. The summed E-state index contributed by atoms with van der Waals surface area (Å²) in [6.45, 7) is 7.90. The number of hydrogen-bond acceptors (Lipinski definition) is 4. The summed E-state index contributed by atoms with van der Waals surface area (Å²) in [5.41, 5.74) is 2.37. The molecule has 1 N–H and O–H groups in total. The molecule has 5 nitrogen and oxygen atoms in total. The van der Waals surface area contributed by atoms with Crippen LogP contribution < -0.4 is 9.80 Å². The maximum atomic E-state index is 10.8. The van der Waals surface area contributed by atoms with E-state index in [4.69, 9.17) is 5.11 Å². The van der Waals surface area contributed by atoms with Crippen LogP contribution in [0.3, 0.4) is 0 Å². The smallest absolute Gasteiger partial charge is 0.305 e. The number of nitrogens with zero attached hydrogens (tertiary/aromatic N) is 3. The predicted octanol–water partition coefficient (Wildman–Crippen LogP) is 2.13. The standard InChI is InChI=1S/C17H27N3O2/c1-3-9-19(10-8-17(21)22)15-4-6-16(7-5-15)20-13-11-18(2)12-14-20/h4-7H,3,8-14H2,1-2H3,(H,21,22). The first-order valence-electron chi connectivity index (χ1n) is 8.10. The quantitative estimate of drug-likeness (QED) is 0.836. The van der Waals surface area contributed by atoms with Crippen molar-refractivity contribution in [3.63, 3.8) is 0 Å². The van der Waals surface area contributed by atoms with Crippen LogP contribution in [-0.2, 0) is 4.79 Å². The summed E-state index contributed by atoms with van der Waals surface area (Å²) in [5, 5.41) is 8.88. The van der Waals surface area contributed by atoms with Crippen molar-refractivity contribution in [1.82, 2.24) is 4.90 Å². The number of hydrogen-bond donors (Lipinski definition) is 1. The number of carboxylic acid groups (broad SMARTS) is 1. The fourth-order valence-corrected chi connectivity index (χ4v) is 2.81. The van der Waals surface area contributed by atoms with Crippen molar-refractivity contribution in [3.8, 4) is 0 Å². The molecule has 0 spiro atoms. The van der Waals surface area contributed by atoms with E-state index in [1.807, 2.05) is 0 Å². The monoisotopic (exact) mass is 305 g/mol. The molecule has 0 atom stereocenters. The van der Waals surface area contributed by atoms with Gasteiger partial charge in [-0.25, -0.2) is 0 Å². The topological polar surface area (TPSA) is 47.0 Å². The van der Waals surface area contributed by atoms with Gasteiger partial charge in [0.25, 0.3) is 0 Å². The molecule has 0 unspecified atom stereocenters. The van der Waals surface area contributed by atoms with Gasteiger partial charge in [0.15, 0.2) is 0 Å². The van der Waals surface area contributed by atoms with Gasteiger partial charge in [-0.15, -0.1) is 0 Å². The average molecular weight is 305 g/mol. The Morgan fingerprint density at radius 3 is 2.32 bits per heavy atom. The first kappa shape index (κ1) is 16.6. The molecule has 22 heavy (non-hydrogen) atoms. The van der Waals surface area contributed by atoms with Gasteiger partial charge in [-0.2, -0.15) is 0 Å². The summed E-state index contributed by atoms with van der Waals surface area (Å²) in [6.07, 6.45) is 1.19. The first-order valence-corrected chi connectivity index (χ1v) is 8.10. The molecule has 1 heterocycles. The zero-order valence-corrected chi connectivity index (χ0v) is 13.7. The molecule has 1 aromatic carbocycles. The highest BCUT2D eigenvalue weighted by Crippen LogP contribution is 2.22. The SMILES string of the molecule is CCCN(CCC(=O)O)c1ccc(N2CCN(C)CC2)cc1. The lowest BCUT2D eigenvalue weighted by molar-refractivity contribution is -0.136. The summed E-state index contributed by atoms with van der Waals surface area (Å²) in [6, 6.07) is 8.55. The Kier molecular flexibility index (Phi) is 6.07. The lowest BCUT2D eigenvalue weighted by atomic mass is 10.2. The summed E-state index contributed by atoms with van der Waals surface area (Å²) >= 11 is 0. The van der Waals surface area contributed by atoms with Crippen molar-refractivity contribution in [1.29, 1.82) is 0 Å². The van der Waals surface area contributed by atoms with Gasteiger partial charge in [-0.1, -0.05) is 6.92 Å². The summed E-state index contributed by atoms with van der Waals surface area (Å²) in [5.74, 6) is -0.741. The Bertz CT molecular complexity index is 467. The van der Waals surface area contributed by atoms with E-state index in [9.17, 15) is 4.79 Å². The third-order valence-corrected chi connectivity index (χ3v) is 4.17. The fraction of sp³-hybridized carbons (Fsp3) is 0.588. The van der Waals surface area contributed by atoms with Crippen molar-refractivity contribution < 1.29 is 9.90 Å². The molecule has 2 rings (SSSR count). The molecule has 1 aliphatic heterocycles. The molecule has 0 aliphatic carbocycles. The summed E-state index contributed by atoms with van der Waals surface area (Å²) in [7, 11) is 2.16. The van der Waals surface area contributed by atoms with E-state index in [0.717, 1.165) is 44.8 Å². The second kappa shape index (κ2) is 8.03. The first-order chi connectivity index (χ1) is 10.6. The Hall–Kier alpha value is -1.75. The number of benzene rings is 1. The third kappa shape index (κ3) is 4.63. The minimum Gasteiger partial charge on any atom is -0.481 e. The van der Waals surface area contributed by atoms with Crippen LogP contribution in [0.15, 0.2) is 24.3 Å². The van der Waals surface area contributed by atoms with Gasteiger partial charge in [0.1, 0.15) is 0 Å². The number of anilines is 2. The van der Waals surface area contributed by atoms with Gasteiger partial charge in [0.05, 0.1) is 6.42 Å². The van der Waals surface area contributed by atoms with Crippen molar-refractivity contribution in [2.24, 2.45) is 0 Å². The number of rotatable bonds is 7. The van der Waals surface area contributed by atoms with Gasteiger partial charge >= 0.3 is 5.97 Å². The zero-order chi connectivity index (χ0) is 15.9. The molecule has 5 heteroatoms. The highest BCUT2D eigenvalue weighted by Gasteiger charge is 2.14. The van der Waals surface area contributed by atoms with Crippen LogP contribution in [-0.4, -0.2) is 62.3 Å². The predicted molar refractivity (Wildman–Crippen MR) is 90.9 cm³/mol. The zero-order valence-electron chi connectivity index (χ0n) is 13.7. The molecular weight excluding hydrogens is 278 g/mol. The molecule has 0 bridgehead atoms. The van der Waals surface area contributed by atoms with Crippen molar-refractivity contribution in [2.75, 3.05) is 56.1 Å². The van der Waals surface area contributed by atoms with Crippen LogP contribution in [0.2, 0.25) is 0 Å². The molecule has 0 saturated carbocycles. The van der Waals surface area contributed by atoms with Crippen molar-refractivity contribution in [3.05, 3.63) is 24.3 Å². The number of aliphatic carboxylic acids is 1. The maximum Gasteiger partial charge on any atom is 0.305 e. The minimum absolute atomic E-state index is 0.181. The van der Waals surface area contributed by atoms with E-state index in [0.29, 0.717) is 6.54 Å². The van der Waals surface area contributed by atoms with Crippen LogP contribution in [0.4, 0.5) is 11.4 Å². The highest BCUT2D eigenvalue weighted by molar-refractivity contribution is 5.68. The largest absolute Gasteiger partial charge is 0.481 e. The van der Waals surface area contributed by atoms with E-state index in [1.165, 1.54) is 5.69 Å². The van der Waals surface area contributed by atoms with Crippen LogP contribution in [0.5, 0.6) is 0 Å². The molecule has 1 aliphatic rings. The molecular formula is C17H27N3O2. The van der Waals surface area contributed by atoms with Crippen molar-refractivity contribution in [2.45, 2.75) is 19.8 Å². The number of carbonyl (C=O) groups is 1. The van der Waals surface area contributed by atoms with Crippen LogP contribution in [0, 0.1) is 0 Å². The van der Waals surface area contributed by atoms with E-state index in [2.05, 4.69) is 52.9 Å². The van der Waals surface area contributed by atoms with Crippen molar-refractivity contribution >= 4 is 17.3 Å². The second-order valence-electron chi connectivity index (χ2n) is 5.94. The molecule has 1 saturated heterocycles. The molecule has 0 aromatic heterocycles. The van der Waals surface area contributed by atoms with Gasteiger partial charge in [0.2, 0.25) is 0 Å². The van der Waals surface area contributed by atoms with Gasteiger partial charge < -0.3 is 19.8 Å². The molecule has 0 amide bonds. The number of likely N-dealkylation sites (N-methyl/N-ethyl adjacent to an activating group) is 1. The minimum atomic E-state index is -0.741. The molecule has 122 valence electrons. The normalized spacial score (nSPS) is 15.8. The number of piperazine rings is 1. The average Bonchev–Trinajstić information content (AvgIpc) is 2.52. The lowest BCUT2D eigenvalue weighted by Gasteiger charge is -2.34. The van der Waals surface area contributed by atoms with E-state index >= 15 is 0 Å². The van der Waals surface area contributed by atoms with Gasteiger partial charge in [0, 0.05) is 50.6 Å². The van der Waals surface area contributed by atoms with Crippen LogP contribution in [0.25, 0.3) is 0 Å². The Labute approximate surface area is 133 Å². The number of carboxylic acids is 1. The van der Waals surface area contributed by atoms with E-state index < -0.39 is 5.97 Å². The molecule has 1 aromatic rings. The molecule has 0 radical (unpaired) electrons. The Morgan fingerprint density at radius 2 is 1.77 bits per heavy atom. The van der Waals surface area contributed by atoms with Crippen LogP contribution in [0.1, 0.15) is 19.8 Å². The lowest BCUT2D eigenvalue weighted by Crippen LogP contribution is -2.44. The summed E-state index contributed by atoms with van der Waals surface area (Å²) in [4.78, 5) is 17.7. The van der Waals surface area contributed by atoms with Crippen LogP contribution >= 0.6 is 0 Å². The third-order valence-electron chi connectivity index (χ3n) is 4.17.